The Bertz CT molecular complexity index is 317. The second kappa shape index (κ2) is 7.96. The van der Waals surface area contributed by atoms with E-state index in [0.717, 1.165) is 6.42 Å². The zero-order valence-corrected chi connectivity index (χ0v) is 11.2. The van der Waals surface area contributed by atoms with Crippen LogP contribution in [0.4, 0.5) is 13.2 Å². The lowest BCUT2D eigenvalue weighted by Gasteiger charge is -2.15. The normalized spacial score (nSPS) is 14.7. The first-order valence-electron chi connectivity index (χ1n) is 5.79. The van der Waals surface area contributed by atoms with Crippen LogP contribution in [0.2, 0.25) is 0 Å². The molecule has 0 aliphatic carbocycles. The van der Waals surface area contributed by atoms with Crippen molar-refractivity contribution in [2.75, 3.05) is 19.0 Å². The average molecular weight is 291 g/mol. The third kappa shape index (κ3) is 12.1. The van der Waals surface area contributed by atoms with Crippen LogP contribution in [-0.2, 0) is 14.8 Å². The molecule has 0 aromatic carbocycles. The van der Waals surface area contributed by atoms with Gasteiger partial charge in [0.1, 0.15) is 0 Å². The Morgan fingerprint density at radius 2 is 1.94 bits per heavy atom. The number of nitrogens with two attached hydrogens (primary N) is 1. The van der Waals surface area contributed by atoms with Gasteiger partial charge in [0, 0.05) is 13.0 Å². The van der Waals surface area contributed by atoms with E-state index in [0.29, 0.717) is 6.42 Å². The molecule has 1 unspecified atom stereocenters. The van der Waals surface area contributed by atoms with Crippen molar-refractivity contribution in [3.63, 3.8) is 0 Å². The van der Waals surface area contributed by atoms with Gasteiger partial charge >= 0.3 is 6.18 Å². The minimum atomic E-state index is -4.17. The van der Waals surface area contributed by atoms with Crippen molar-refractivity contribution >= 4 is 10.0 Å². The standard InChI is InChI=1S/C10H20F3NO3S/c1-2-4-9(8-18(14,15)16)7-17-6-3-5-10(11,12)13/h9H,2-8H2,1H3,(H2,14,15,16). The molecule has 0 bridgehead atoms. The molecule has 0 fully saturated rings. The van der Waals surface area contributed by atoms with Crippen molar-refractivity contribution in [2.45, 2.75) is 38.8 Å². The molecule has 0 radical (unpaired) electrons. The summed E-state index contributed by atoms with van der Waals surface area (Å²) in [5.74, 6) is -0.448. The summed E-state index contributed by atoms with van der Waals surface area (Å²) in [5, 5.41) is 4.92. The second-order valence-corrected chi connectivity index (χ2v) is 5.94. The Hall–Kier alpha value is -0.340. The van der Waals surface area contributed by atoms with Gasteiger partial charge in [0.15, 0.2) is 0 Å². The van der Waals surface area contributed by atoms with Crippen LogP contribution in [0.1, 0.15) is 32.6 Å². The highest BCUT2D eigenvalue weighted by atomic mass is 32.2. The van der Waals surface area contributed by atoms with Gasteiger partial charge in [0.2, 0.25) is 10.0 Å². The molecule has 1 atom stereocenters. The lowest BCUT2D eigenvalue weighted by Crippen LogP contribution is -2.26. The number of primary sulfonamides is 1. The van der Waals surface area contributed by atoms with Crippen LogP contribution in [0.5, 0.6) is 0 Å². The van der Waals surface area contributed by atoms with Crippen LogP contribution < -0.4 is 5.14 Å². The van der Waals surface area contributed by atoms with Crippen molar-refractivity contribution in [1.29, 1.82) is 0 Å². The summed E-state index contributed by atoms with van der Waals surface area (Å²) >= 11 is 0. The third-order valence-electron chi connectivity index (χ3n) is 2.27. The molecule has 0 aromatic rings. The van der Waals surface area contributed by atoms with Crippen molar-refractivity contribution in [3.8, 4) is 0 Å². The van der Waals surface area contributed by atoms with Crippen LogP contribution >= 0.6 is 0 Å². The fourth-order valence-electron chi connectivity index (χ4n) is 1.58. The van der Waals surface area contributed by atoms with E-state index in [9.17, 15) is 21.6 Å². The van der Waals surface area contributed by atoms with E-state index in [1.54, 1.807) is 0 Å². The van der Waals surface area contributed by atoms with Crippen LogP contribution in [0.25, 0.3) is 0 Å². The Morgan fingerprint density at radius 1 is 1.33 bits per heavy atom. The first kappa shape index (κ1) is 17.7. The minimum Gasteiger partial charge on any atom is -0.381 e. The monoisotopic (exact) mass is 291 g/mol. The number of alkyl halides is 3. The number of ether oxygens (including phenoxy) is 1. The predicted molar refractivity (Wildman–Crippen MR) is 62.5 cm³/mol. The summed E-state index contributed by atoms with van der Waals surface area (Å²) in [7, 11) is -3.57. The molecule has 0 aliphatic rings. The third-order valence-corrected chi connectivity index (χ3v) is 3.20. The fraction of sp³-hybridized carbons (Fsp3) is 1.00. The largest absolute Gasteiger partial charge is 0.389 e. The van der Waals surface area contributed by atoms with Gasteiger partial charge in [-0.15, -0.1) is 0 Å². The highest BCUT2D eigenvalue weighted by Crippen LogP contribution is 2.21. The molecular formula is C10H20F3NO3S. The SMILES string of the molecule is CCCC(COCCCC(F)(F)F)CS(N)(=O)=O. The summed E-state index contributed by atoms with van der Waals surface area (Å²) in [6.45, 7) is 1.99. The first-order chi connectivity index (χ1) is 8.14. The van der Waals surface area contributed by atoms with E-state index < -0.39 is 22.6 Å². The summed E-state index contributed by atoms with van der Waals surface area (Å²) in [5.41, 5.74) is 0. The van der Waals surface area contributed by atoms with Crippen molar-refractivity contribution in [1.82, 2.24) is 0 Å². The predicted octanol–water partition coefficient (Wildman–Crippen LogP) is 2.05. The van der Waals surface area contributed by atoms with E-state index in [1.807, 2.05) is 6.92 Å². The number of hydrogen-bond donors (Lipinski definition) is 1. The lowest BCUT2D eigenvalue weighted by molar-refractivity contribution is -0.138. The van der Waals surface area contributed by atoms with Crippen LogP contribution in [0.15, 0.2) is 0 Å². The summed E-state index contributed by atoms with van der Waals surface area (Å²) < 4.78 is 62.4. The van der Waals surface area contributed by atoms with E-state index in [4.69, 9.17) is 9.88 Å². The number of hydrogen-bond acceptors (Lipinski definition) is 3. The molecule has 0 aromatic heterocycles. The maximum atomic E-state index is 11.8. The van der Waals surface area contributed by atoms with Crippen molar-refractivity contribution in [2.24, 2.45) is 11.1 Å². The van der Waals surface area contributed by atoms with Gasteiger partial charge in [0.25, 0.3) is 0 Å². The molecule has 0 amide bonds. The molecule has 0 saturated carbocycles. The fourth-order valence-corrected chi connectivity index (χ4v) is 2.50. The molecule has 2 N–H and O–H groups in total. The van der Waals surface area contributed by atoms with Gasteiger partial charge < -0.3 is 4.74 Å². The Kier molecular flexibility index (Phi) is 7.81. The molecule has 110 valence electrons. The molecule has 0 rings (SSSR count). The van der Waals surface area contributed by atoms with Crippen LogP contribution in [0, 0.1) is 5.92 Å². The van der Waals surface area contributed by atoms with E-state index in [-0.39, 0.29) is 31.3 Å². The van der Waals surface area contributed by atoms with E-state index >= 15 is 0 Å². The maximum Gasteiger partial charge on any atom is 0.389 e. The molecule has 0 saturated heterocycles. The number of rotatable bonds is 9. The molecule has 4 nitrogen and oxygen atoms in total. The van der Waals surface area contributed by atoms with Gasteiger partial charge in [-0.3, -0.25) is 0 Å². The molecule has 18 heavy (non-hydrogen) atoms. The zero-order chi connectivity index (χ0) is 14.2. The van der Waals surface area contributed by atoms with Crippen LogP contribution in [-0.4, -0.2) is 33.6 Å². The van der Waals surface area contributed by atoms with Crippen molar-refractivity contribution in [3.05, 3.63) is 0 Å². The average Bonchev–Trinajstić information content (AvgIpc) is 2.13. The molecule has 0 heterocycles. The van der Waals surface area contributed by atoms with E-state index in [2.05, 4.69) is 0 Å². The van der Waals surface area contributed by atoms with Gasteiger partial charge in [-0.1, -0.05) is 13.3 Å². The Morgan fingerprint density at radius 3 is 2.39 bits per heavy atom. The maximum absolute atomic E-state index is 11.8. The van der Waals surface area contributed by atoms with Crippen molar-refractivity contribution < 1.29 is 26.3 Å². The van der Waals surface area contributed by atoms with Gasteiger partial charge in [-0.2, -0.15) is 13.2 Å². The summed E-state index contributed by atoms with van der Waals surface area (Å²) in [6, 6.07) is 0. The molecule has 0 spiro atoms. The zero-order valence-electron chi connectivity index (χ0n) is 10.4. The summed E-state index contributed by atoms with van der Waals surface area (Å²) in [4.78, 5) is 0. The topological polar surface area (TPSA) is 69.4 Å². The Balaban J connectivity index is 3.84. The number of sulfonamides is 1. The second-order valence-electron chi connectivity index (χ2n) is 4.28. The van der Waals surface area contributed by atoms with Gasteiger partial charge in [-0.05, 0) is 18.8 Å². The molecule has 0 aliphatic heterocycles. The highest BCUT2D eigenvalue weighted by Gasteiger charge is 2.26. The highest BCUT2D eigenvalue weighted by molar-refractivity contribution is 7.89. The number of halogens is 3. The van der Waals surface area contributed by atoms with Gasteiger partial charge in [-0.25, -0.2) is 13.6 Å². The lowest BCUT2D eigenvalue weighted by atomic mass is 10.1. The smallest absolute Gasteiger partial charge is 0.381 e. The quantitative estimate of drug-likeness (QED) is 0.661. The first-order valence-corrected chi connectivity index (χ1v) is 7.50. The van der Waals surface area contributed by atoms with Crippen LogP contribution in [0.3, 0.4) is 0 Å². The van der Waals surface area contributed by atoms with Gasteiger partial charge in [0.05, 0.1) is 12.4 Å². The summed E-state index contributed by atoms with van der Waals surface area (Å²) in [6.07, 6.45) is -3.78. The Labute approximate surface area is 106 Å². The minimum absolute atomic E-state index is 0.0235. The molecular weight excluding hydrogens is 271 g/mol. The van der Waals surface area contributed by atoms with E-state index in [1.165, 1.54) is 0 Å². The molecule has 8 heteroatoms.